The van der Waals surface area contributed by atoms with E-state index in [-0.39, 0.29) is 12.1 Å². The van der Waals surface area contributed by atoms with Gasteiger partial charge in [0.15, 0.2) is 0 Å². The van der Waals surface area contributed by atoms with Gasteiger partial charge in [-0.25, -0.2) is 4.79 Å². The van der Waals surface area contributed by atoms with Crippen LogP contribution in [-0.4, -0.2) is 12.1 Å². The van der Waals surface area contributed by atoms with E-state index in [9.17, 15) is 4.79 Å². The first-order chi connectivity index (χ1) is 4.61. The van der Waals surface area contributed by atoms with Crippen LogP contribution in [0.1, 0.15) is 20.8 Å². The Morgan fingerprint density at radius 1 is 1.50 bits per heavy atom. The Morgan fingerprint density at radius 3 is 2.60 bits per heavy atom. The highest BCUT2D eigenvalue weighted by molar-refractivity contribution is 5.83. The second kappa shape index (κ2) is 2.45. The number of ether oxygens (including phenoxy) is 1. The maximum atomic E-state index is 10.7. The molecule has 1 aliphatic rings. The van der Waals surface area contributed by atoms with Gasteiger partial charge >= 0.3 is 5.97 Å². The van der Waals surface area contributed by atoms with Crippen LogP contribution in [0.4, 0.5) is 0 Å². The highest BCUT2D eigenvalue weighted by Crippen LogP contribution is 2.21. The van der Waals surface area contributed by atoms with E-state index in [2.05, 4.69) is 6.92 Å². The van der Waals surface area contributed by atoms with Crippen LogP contribution in [0.5, 0.6) is 0 Å². The third-order valence-electron chi connectivity index (χ3n) is 2.07. The van der Waals surface area contributed by atoms with Gasteiger partial charge in [0.1, 0.15) is 6.10 Å². The zero-order valence-electron chi connectivity index (χ0n) is 6.55. The van der Waals surface area contributed by atoms with Gasteiger partial charge in [0.2, 0.25) is 0 Å². The average molecular weight is 140 g/mol. The van der Waals surface area contributed by atoms with Crippen molar-refractivity contribution >= 4 is 5.97 Å². The molecule has 2 nitrogen and oxygen atoms in total. The van der Waals surface area contributed by atoms with Crippen molar-refractivity contribution < 1.29 is 9.53 Å². The second-order valence-corrected chi connectivity index (χ2v) is 2.82. The van der Waals surface area contributed by atoms with E-state index in [1.54, 1.807) is 6.08 Å². The van der Waals surface area contributed by atoms with Crippen LogP contribution in [0.2, 0.25) is 0 Å². The Morgan fingerprint density at radius 2 is 2.10 bits per heavy atom. The van der Waals surface area contributed by atoms with Gasteiger partial charge < -0.3 is 4.74 Å². The Hall–Kier alpha value is -0.790. The molecule has 0 amide bonds. The molecule has 0 spiro atoms. The normalized spacial score (nSPS) is 33.1. The first-order valence-electron chi connectivity index (χ1n) is 3.50. The van der Waals surface area contributed by atoms with Gasteiger partial charge in [-0.05, 0) is 13.8 Å². The lowest BCUT2D eigenvalue weighted by atomic mass is 9.95. The fourth-order valence-corrected chi connectivity index (χ4v) is 1.01. The van der Waals surface area contributed by atoms with E-state index >= 15 is 0 Å². The molecule has 0 aromatic carbocycles. The standard InChI is InChI=1S/C8H12O2/c1-5-4-8(9)10-7(3)6(5)2/h4,6-7H,1-3H3/t6-,7-/m0/s1. The van der Waals surface area contributed by atoms with E-state index in [1.165, 1.54) is 0 Å². The number of hydrogen-bond donors (Lipinski definition) is 0. The Balaban J connectivity index is 2.80. The van der Waals surface area contributed by atoms with E-state index in [0.717, 1.165) is 5.57 Å². The zero-order valence-corrected chi connectivity index (χ0v) is 6.55. The van der Waals surface area contributed by atoms with Crippen molar-refractivity contribution in [3.05, 3.63) is 11.6 Å². The van der Waals surface area contributed by atoms with Gasteiger partial charge in [0, 0.05) is 12.0 Å². The minimum Gasteiger partial charge on any atom is -0.459 e. The fraction of sp³-hybridized carbons (Fsp3) is 0.625. The summed E-state index contributed by atoms with van der Waals surface area (Å²) in [5.74, 6) is 0.167. The highest BCUT2D eigenvalue weighted by Gasteiger charge is 2.22. The number of esters is 1. The van der Waals surface area contributed by atoms with E-state index in [1.807, 2.05) is 13.8 Å². The molecule has 0 saturated heterocycles. The summed E-state index contributed by atoms with van der Waals surface area (Å²) in [6.45, 7) is 5.93. The molecule has 0 aromatic rings. The summed E-state index contributed by atoms with van der Waals surface area (Å²) in [4.78, 5) is 10.7. The van der Waals surface area contributed by atoms with Crippen molar-refractivity contribution in [3.63, 3.8) is 0 Å². The van der Waals surface area contributed by atoms with Gasteiger partial charge in [0.05, 0.1) is 0 Å². The summed E-state index contributed by atoms with van der Waals surface area (Å²) < 4.78 is 4.95. The fourth-order valence-electron chi connectivity index (χ4n) is 1.01. The predicted octanol–water partition coefficient (Wildman–Crippen LogP) is 1.51. The molecule has 1 rings (SSSR count). The molecule has 0 saturated carbocycles. The molecule has 0 bridgehead atoms. The first-order valence-corrected chi connectivity index (χ1v) is 3.50. The molecule has 0 fully saturated rings. The van der Waals surface area contributed by atoms with Crippen molar-refractivity contribution in [2.75, 3.05) is 0 Å². The van der Waals surface area contributed by atoms with Gasteiger partial charge in [-0.15, -0.1) is 0 Å². The minimum atomic E-state index is -0.205. The lowest BCUT2D eigenvalue weighted by Crippen LogP contribution is -2.26. The first kappa shape index (κ1) is 7.32. The van der Waals surface area contributed by atoms with Crippen molar-refractivity contribution in [2.24, 2.45) is 5.92 Å². The molecule has 56 valence electrons. The molecular weight excluding hydrogens is 128 g/mol. The highest BCUT2D eigenvalue weighted by atomic mass is 16.5. The number of cyclic esters (lactones) is 1. The molecule has 2 atom stereocenters. The molecule has 0 unspecified atom stereocenters. The van der Waals surface area contributed by atoms with Gasteiger partial charge in [-0.3, -0.25) is 0 Å². The summed E-state index contributed by atoms with van der Waals surface area (Å²) in [7, 11) is 0. The summed E-state index contributed by atoms with van der Waals surface area (Å²) in [5, 5.41) is 0. The van der Waals surface area contributed by atoms with Crippen molar-refractivity contribution in [3.8, 4) is 0 Å². The van der Waals surface area contributed by atoms with Crippen LogP contribution < -0.4 is 0 Å². The quantitative estimate of drug-likeness (QED) is 0.477. The number of carbonyl (C=O) groups is 1. The summed E-state index contributed by atoms with van der Waals surface area (Å²) in [6.07, 6.45) is 1.60. The Bertz CT molecular complexity index is 182. The molecule has 0 N–H and O–H groups in total. The van der Waals surface area contributed by atoms with Crippen molar-refractivity contribution in [1.29, 1.82) is 0 Å². The monoisotopic (exact) mass is 140 g/mol. The van der Waals surface area contributed by atoms with Gasteiger partial charge in [0.25, 0.3) is 0 Å². The molecule has 1 aliphatic heterocycles. The number of carbonyl (C=O) groups excluding carboxylic acids is 1. The largest absolute Gasteiger partial charge is 0.459 e. The van der Waals surface area contributed by atoms with Gasteiger partial charge in [-0.1, -0.05) is 12.5 Å². The summed E-state index contributed by atoms with van der Waals surface area (Å²) in [6, 6.07) is 0. The van der Waals surface area contributed by atoms with E-state index in [4.69, 9.17) is 4.74 Å². The second-order valence-electron chi connectivity index (χ2n) is 2.82. The topological polar surface area (TPSA) is 26.3 Å². The molecular formula is C8H12O2. The zero-order chi connectivity index (χ0) is 7.72. The Kier molecular flexibility index (Phi) is 1.79. The van der Waals surface area contributed by atoms with Crippen LogP contribution in [0.3, 0.4) is 0 Å². The van der Waals surface area contributed by atoms with E-state index < -0.39 is 0 Å². The smallest absolute Gasteiger partial charge is 0.330 e. The molecule has 0 aliphatic carbocycles. The molecule has 2 heteroatoms. The molecule has 1 heterocycles. The van der Waals surface area contributed by atoms with Gasteiger partial charge in [-0.2, -0.15) is 0 Å². The van der Waals surface area contributed by atoms with E-state index in [0.29, 0.717) is 5.92 Å². The SMILES string of the molecule is CC1=CC(=O)O[C@@H](C)[C@H]1C. The average Bonchev–Trinajstić information content (AvgIpc) is 1.82. The third-order valence-corrected chi connectivity index (χ3v) is 2.07. The number of rotatable bonds is 0. The van der Waals surface area contributed by atoms with Crippen LogP contribution in [0, 0.1) is 5.92 Å². The third kappa shape index (κ3) is 1.20. The van der Waals surface area contributed by atoms with Crippen LogP contribution in [0.15, 0.2) is 11.6 Å². The van der Waals surface area contributed by atoms with Crippen LogP contribution >= 0.6 is 0 Å². The van der Waals surface area contributed by atoms with Crippen molar-refractivity contribution in [1.82, 2.24) is 0 Å². The molecule has 10 heavy (non-hydrogen) atoms. The Labute approximate surface area is 60.9 Å². The molecule has 0 radical (unpaired) electrons. The lowest BCUT2D eigenvalue weighted by Gasteiger charge is -2.24. The maximum Gasteiger partial charge on any atom is 0.330 e. The van der Waals surface area contributed by atoms with Crippen molar-refractivity contribution in [2.45, 2.75) is 26.9 Å². The van der Waals surface area contributed by atoms with Crippen LogP contribution in [0.25, 0.3) is 0 Å². The molecule has 0 aromatic heterocycles. The van der Waals surface area contributed by atoms with Crippen LogP contribution in [-0.2, 0) is 9.53 Å². The lowest BCUT2D eigenvalue weighted by molar-refractivity contribution is -0.145. The maximum absolute atomic E-state index is 10.7. The summed E-state index contributed by atoms with van der Waals surface area (Å²) in [5.41, 5.74) is 1.11. The predicted molar refractivity (Wildman–Crippen MR) is 38.5 cm³/mol. The minimum absolute atomic E-state index is 0.0394. The summed E-state index contributed by atoms with van der Waals surface area (Å²) >= 11 is 0. The number of hydrogen-bond acceptors (Lipinski definition) is 2.